The quantitative estimate of drug-likeness (QED) is 0.439. The number of likely N-dealkylation sites (tertiary alicyclic amines) is 1. The van der Waals surface area contributed by atoms with Gasteiger partial charge in [-0.3, -0.25) is 0 Å². The third-order valence-corrected chi connectivity index (χ3v) is 6.62. The van der Waals surface area contributed by atoms with Crippen molar-refractivity contribution in [1.29, 1.82) is 5.26 Å². The monoisotopic (exact) mass is 429 g/mol. The van der Waals surface area contributed by atoms with Crippen molar-refractivity contribution in [3.63, 3.8) is 0 Å². The number of piperidine rings is 1. The maximum atomic E-state index is 10.0. The molecule has 1 aromatic heterocycles. The Balaban J connectivity index is 1.68. The summed E-state index contributed by atoms with van der Waals surface area (Å²) in [6.45, 7) is 3.39. The fourth-order valence-corrected chi connectivity index (χ4v) is 4.95. The fraction of sp³-hybridized carbons (Fsp3) is 0.308. The third kappa shape index (κ3) is 5.28. The van der Waals surface area contributed by atoms with Gasteiger partial charge in [-0.25, -0.2) is 4.98 Å². The van der Waals surface area contributed by atoms with Crippen LogP contribution in [0.1, 0.15) is 24.8 Å². The first-order valence-corrected chi connectivity index (χ1v) is 11.8. The van der Waals surface area contributed by atoms with Gasteiger partial charge < -0.3 is 9.64 Å². The van der Waals surface area contributed by atoms with Gasteiger partial charge in [0.25, 0.3) is 0 Å². The maximum absolute atomic E-state index is 10.0. The van der Waals surface area contributed by atoms with Crippen molar-refractivity contribution in [3.05, 3.63) is 66.2 Å². The van der Waals surface area contributed by atoms with E-state index in [1.54, 1.807) is 18.9 Å². The molecular formula is C26H27N3OS. The van der Waals surface area contributed by atoms with E-state index in [1.165, 1.54) is 32.4 Å². The van der Waals surface area contributed by atoms with Crippen molar-refractivity contribution in [3.8, 4) is 34.2 Å². The molecule has 1 aliphatic heterocycles. The lowest BCUT2D eigenvalue weighted by atomic mass is 9.99. The molecule has 5 heteroatoms. The Morgan fingerprint density at radius 2 is 1.74 bits per heavy atom. The van der Waals surface area contributed by atoms with Gasteiger partial charge in [0, 0.05) is 23.4 Å². The molecule has 0 unspecified atom stereocenters. The van der Waals surface area contributed by atoms with Gasteiger partial charge in [0.05, 0.1) is 18.4 Å². The average molecular weight is 430 g/mol. The van der Waals surface area contributed by atoms with Crippen LogP contribution in [0.5, 0.6) is 5.75 Å². The number of hydrogen-bond donors (Lipinski definition) is 0. The van der Waals surface area contributed by atoms with E-state index in [-0.39, 0.29) is 0 Å². The van der Waals surface area contributed by atoms with Gasteiger partial charge in [-0.2, -0.15) is 5.26 Å². The SMILES string of the molecule is COc1ccc(-c2cc(-c3ccccc3)c(C#N)c(SCCN3CCCCC3)n2)cc1. The van der Waals surface area contributed by atoms with Crippen LogP contribution in [-0.4, -0.2) is 42.4 Å². The molecule has 2 heterocycles. The molecule has 4 nitrogen and oxygen atoms in total. The molecule has 0 atom stereocenters. The number of methoxy groups -OCH3 is 1. The summed E-state index contributed by atoms with van der Waals surface area (Å²) in [6.07, 6.45) is 3.92. The molecule has 2 aromatic carbocycles. The molecule has 0 aliphatic carbocycles. The van der Waals surface area contributed by atoms with Crippen molar-refractivity contribution < 1.29 is 4.74 Å². The van der Waals surface area contributed by atoms with Crippen molar-refractivity contribution >= 4 is 11.8 Å². The average Bonchev–Trinajstić information content (AvgIpc) is 2.85. The summed E-state index contributed by atoms with van der Waals surface area (Å²) in [5.74, 6) is 1.75. The van der Waals surface area contributed by atoms with Crippen molar-refractivity contribution in [1.82, 2.24) is 9.88 Å². The summed E-state index contributed by atoms with van der Waals surface area (Å²) in [4.78, 5) is 7.44. The van der Waals surface area contributed by atoms with Crippen molar-refractivity contribution in [2.75, 3.05) is 32.5 Å². The van der Waals surface area contributed by atoms with Crippen LogP contribution >= 0.6 is 11.8 Å². The summed E-state index contributed by atoms with van der Waals surface area (Å²) < 4.78 is 5.30. The largest absolute Gasteiger partial charge is 0.497 e. The second-order valence-corrected chi connectivity index (χ2v) is 8.78. The maximum Gasteiger partial charge on any atom is 0.118 e. The Labute approximate surface area is 188 Å². The van der Waals surface area contributed by atoms with E-state index in [4.69, 9.17) is 9.72 Å². The van der Waals surface area contributed by atoms with Crippen LogP contribution in [0, 0.1) is 11.3 Å². The topological polar surface area (TPSA) is 49.1 Å². The Morgan fingerprint density at radius 3 is 2.42 bits per heavy atom. The lowest BCUT2D eigenvalue weighted by Gasteiger charge is -2.26. The second-order valence-electron chi connectivity index (χ2n) is 7.69. The van der Waals surface area contributed by atoms with Gasteiger partial charge in [0.2, 0.25) is 0 Å². The number of aromatic nitrogens is 1. The van der Waals surface area contributed by atoms with Gasteiger partial charge in [-0.15, -0.1) is 11.8 Å². The van der Waals surface area contributed by atoms with Crippen LogP contribution < -0.4 is 4.74 Å². The Kier molecular flexibility index (Phi) is 7.24. The number of hydrogen-bond acceptors (Lipinski definition) is 5. The smallest absolute Gasteiger partial charge is 0.118 e. The first-order valence-electron chi connectivity index (χ1n) is 10.8. The molecule has 3 aromatic rings. The first kappa shape index (κ1) is 21.4. The molecule has 1 saturated heterocycles. The zero-order valence-electron chi connectivity index (χ0n) is 17.9. The third-order valence-electron chi connectivity index (χ3n) is 5.66. The predicted octanol–water partition coefficient (Wildman–Crippen LogP) is 5.87. The molecule has 158 valence electrons. The van der Waals surface area contributed by atoms with E-state index in [0.717, 1.165) is 45.5 Å². The number of nitriles is 1. The van der Waals surface area contributed by atoms with E-state index in [1.807, 2.05) is 48.5 Å². The zero-order valence-corrected chi connectivity index (χ0v) is 18.7. The number of thioether (sulfide) groups is 1. The zero-order chi connectivity index (χ0) is 21.5. The number of rotatable bonds is 7. The summed E-state index contributed by atoms with van der Waals surface area (Å²) >= 11 is 1.69. The minimum absolute atomic E-state index is 0.659. The lowest BCUT2D eigenvalue weighted by molar-refractivity contribution is 0.242. The van der Waals surface area contributed by atoms with E-state index >= 15 is 0 Å². The lowest BCUT2D eigenvalue weighted by Crippen LogP contribution is -2.31. The molecule has 4 rings (SSSR count). The summed E-state index contributed by atoms with van der Waals surface area (Å²) in [5.41, 5.74) is 4.52. The molecule has 0 spiro atoms. The minimum Gasteiger partial charge on any atom is -0.497 e. The molecule has 0 amide bonds. The molecule has 31 heavy (non-hydrogen) atoms. The van der Waals surface area contributed by atoms with Crippen LogP contribution in [-0.2, 0) is 0 Å². The molecule has 0 saturated carbocycles. The van der Waals surface area contributed by atoms with Crippen LogP contribution in [0.25, 0.3) is 22.4 Å². The summed E-state index contributed by atoms with van der Waals surface area (Å²) in [7, 11) is 1.67. The van der Waals surface area contributed by atoms with Gasteiger partial charge in [0.1, 0.15) is 16.8 Å². The minimum atomic E-state index is 0.659. The van der Waals surface area contributed by atoms with Crippen LogP contribution in [0.2, 0.25) is 0 Å². The Hall–Kier alpha value is -2.81. The van der Waals surface area contributed by atoms with Gasteiger partial charge in [-0.1, -0.05) is 36.8 Å². The van der Waals surface area contributed by atoms with Gasteiger partial charge in [-0.05, 0) is 61.8 Å². The highest BCUT2D eigenvalue weighted by Gasteiger charge is 2.17. The highest BCUT2D eigenvalue weighted by molar-refractivity contribution is 7.99. The molecule has 1 fully saturated rings. The highest BCUT2D eigenvalue weighted by atomic mass is 32.2. The Bertz CT molecular complexity index is 1040. The fourth-order valence-electron chi connectivity index (χ4n) is 3.94. The normalized spacial score (nSPS) is 14.2. The van der Waals surface area contributed by atoms with Crippen LogP contribution in [0.3, 0.4) is 0 Å². The Morgan fingerprint density at radius 1 is 1.00 bits per heavy atom. The number of benzene rings is 2. The van der Waals surface area contributed by atoms with Gasteiger partial charge in [0.15, 0.2) is 0 Å². The van der Waals surface area contributed by atoms with E-state index in [0.29, 0.717) is 5.56 Å². The van der Waals surface area contributed by atoms with E-state index in [9.17, 15) is 5.26 Å². The summed E-state index contributed by atoms with van der Waals surface area (Å²) in [6, 6.07) is 22.5. The molecule has 0 N–H and O–H groups in total. The number of nitrogens with zero attached hydrogens (tertiary/aromatic N) is 3. The molecule has 1 aliphatic rings. The number of pyridine rings is 1. The molecule has 0 radical (unpaired) electrons. The number of ether oxygens (including phenoxy) is 1. The summed E-state index contributed by atoms with van der Waals surface area (Å²) in [5, 5.41) is 10.8. The van der Waals surface area contributed by atoms with E-state index in [2.05, 4.69) is 23.1 Å². The van der Waals surface area contributed by atoms with Crippen LogP contribution in [0.4, 0.5) is 0 Å². The first-order chi connectivity index (χ1) is 15.3. The standard InChI is InChI=1S/C26H27N3OS/c1-30-22-12-10-21(11-13-22)25-18-23(20-8-4-2-5-9-20)24(19-27)26(28-25)31-17-16-29-14-6-3-7-15-29/h2,4-5,8-13,18H,3,6-7,14-17H2,1H3. The van der Waals surface area contributed by atoms with Crippen LogP contribution in [0.15, 0.2) is 65.7 Å². The van der Waals surface area contributed by atoms with E-state index < -0.39 is 0 Å². The van der Waals surface area contributed by atoms with Gasteiger partial charge >= 0.3 is 0 Å². The molecular weight excluding hydrogens is 402 g/mol. The molecule has 0 bridgehead atoms. The second kappa shape index (κ2) is 10.5. The predicted molar refractivity (Wildman–Crippen MR) is 127 cm³/mol. The van der Waals surface area contributed by atoms with Crippen molar-refractivity contribution in [2.24, 2.45) is 0 Å². The van der Waals surface area contributed by atoms with Crippen molar-refractivity contribution in [2.45, 2.75) is 24.3 Å². The highest BCUT2D eigenvalue weighted by Crippen LogP contribution is 2.34.